The highest BCUT2D eigenvalue weighted by Gasteiger charge is 2.11. The molecule has 6 heteroatoms. The van der Waals surface area contributed by atoms with Gasteiger partial charge in [0.1, 0.15) is 18.4 Å². The molecule has 0 fully saturated rings. The van der Waals surface area contributed by atoms with Crippen molar-refractivity contribution in [1.29, 1.82) is 5.26 Å². The summed E-state index contributed by atoms with van der Waals surface area (Å²) in [6.45, 7) is 0.897. The first-order valence-corrected chi connectivity index (χ1v) is 7.03. The van der Waals surface area contributed by atoms with Gasteiger partial charge in [-0.1, -0.05) is 0 Å². The molecule has 0 atom stereocenters. The van der Waals surface area contributed by atoms with Crippen LogP contribution in [0.5, 0.6) is 5.75 Å². The molecule has 0 bridgehead atoms. The Labute approximate surface area is 130 Å². The first-order chi connectivity index (χ1) is 10.2. The van der Waals surface area contributed by atoms with Gasteiger partial charge in [-0.25, -0.2) is 4.39 Å². The second-order valence-corrected chi connectivity index (χ2v) is 4.98. The molecular weight excluding hydrogens is 337 g/mol. The fourth-order valence-corrected chi connectivity index (χ4v) is 2.13. The topological polar surface area (TPSA) is 71.1 Å². The molecule has 0 heterocycles. The molecule has 3 N–H and O–H groups in total. The van der Waals surface area contributed by atoms with Crippen LogP contribution < -0.4 is 15.8 Å². The number of rotatable bonds is 5. The number of hydrogen-bond donors (Lipinski definition) is 2. The summed E-state index contributed by atoms with van der Waals surface area (Å²) in [4.78, 5) is 0. The van der Waals surface area contributed by atoms with Crippen LogP contribution in [-0.2, 0) is 0 Å². The van der Waals surface area contributed by atoms with E-state index in [0.29, 0.717) is 24.6 Å². The van der Waals surface area contributed by atoms with Gasteiger partial charge >= 0.3 is 0 Å². The molecule has 0 aliphatic carbocycles. The summed E-state index contributed by atoms with van der Waals surface area (Å²) in [5.41, 5.74) is 6.61. The third-order valence-corrected chi connectivity index (χ3v) is 3.50. The van der Waals surface area contributed by atoms with Crippen molar-refractivity contribution in [3.8, 4) is 11.8 Å². The van der Waals surface area contributed by atoms with E-state index in [1.54, 1.807) is 30.3 Å². The minimum atomic E-state index is -0.502. The standard InChI is InChI=1S/C15H13BrFN3O/c16-14-10(9-19)1-6-13(15(14)17)20-11-2-4-12(5-3-11)21-8-7-18/h1-6,20H,7-8,18H2. The third-order valence-electron chi connectivity index (χ3n) is 2.72. The van der Waals surface area contributed by atoms with E-state index in [1.807, 2.05) is 6.07 Å². The Morgan fingerprint density at radius 1 is 1.24 bits per heavy atom. The second-order valence-electron chi connectivity index (χ2n) is 4.19. The Balaban J connectivity index is 2.15. The molecule has 108 valence electrons. The summed E-state index contributed by atoms with van der Waals surface area (Å²) in [7, 11) is 0. The molecule has 0 saturated heterocycles. The lowest BCUT2D eigenvalue weighted by molar-refractivity contribution is 0.328. The predicted molar refractivity (Wildman–Crippen MR) is 83.1 cm³/mol. The lowest BCUT2D eigenvalue weighted by atomic mass is 10.2. The first kappa shape index (κ1) is 15.3. The number of nitriles is 1. The molecule has 0 spiro atoms. The van der Waals surface area contributed by atoms with Crippen molar-refractivity contribution in [2.45, 2.75) is 0 Å². The molecule has 21 heavy (non-hydrogen) atoms. The average molecular weight is 350 g/mol. The number of halogens is 2. The van der Waals surface area contributed by atoms with Gasteiger partial charge < -0.3 is 15.8 Å². The molecule has 0 unspecified atom stereocenters. The summed E-state index contributed by atoms with van der Waals surface area (Å²) in [5, 5.41) is 11.8. The Morgan fingerprint density at radius 3 is 2.57 bits per heavy atom. The zero-order valence-corrected chi connectivity index (χ0v) is 12.7. The van der Waals surface area contributed by atoms with E-state index in [0.717, 1.165) is 0 Å². The van der Waals surface area contributed by atoms with Crippen molar-refractivity contribution in [2.24, 2.45) is 5.73 Å². The summed E-state index contributed by atoms with van der Waals surface area (Å²) in [6, 6.07) is 12.1. The van der Waals surface area contributed by atoms with Gasteiger partial charge in [0, 0.05) is 12.2 Å². The van der Waals surface area contributed by atoms with E-state index >= 15 is 0 Å². The summed E-state index contributed by atoms with van der Waals surface area (Å²) in [6.07, 6.45) is 0. The average Bonchev–Trinajstić information content (AvgIpc) is 2.51. The zero-order chi connectivity index (χ0) is 15.2. The van der Waals surface area contributed by atoms with Crippen LogP contribution in [-0.4, -0.2) is 13.2 Å². The quantitative estimate of drug-likeness (QED) is 0.865. The molecule has 0 aliphatic heterocycles. The van der Waals surface area contributed by atoms with E-state index in [9.17, 15) is 4.39 Å². The molecule has 0 aliphatic rings. The van der Waals surface area contributed by atoms with Crippen LogP contribution in [0.2, 0.25) is 0 Å². The molecule has 0 aromatic heterocycles. The lowest BCUT2D eigenvalue weighted by Gasteiger charge is -2.10. The van der Waals surface area contributed by atoms with Crippen molar-refractivity contribution in [1.82, 2.24) is 0 Å². The highest BCUT2D eigenvalue weighted by molar-refractivity contribution is 9.10. The maximum atomic E-state index is 14.1. The van der Waals surface area contributed by atoms with Crippen molar-refractivity contribution in [3.63, 3.8) is 0 Å². The summed E-state index contributed by atoms with van der Waals surface area (Å²) < 4.78 is 19.6. The third kappa shape index (κ3) is 3.72. The van der Waals surface area contributed by atoms with Gasteiger partial charge in [-0.3, -0.25) is 0 Å². The number of nitrogens with one attached hydrogen (secondary N) is 1. The van der Waals surface area contributed by atoms with Crippen molar-refractivity contribution < 1.29 is 9.13 Å². The van der Waals surface area contributed by atoms with Gasteiger partial charge in [-0.15, -0.1) is 0 Å². The van der Waals surface area contributed by atoms with Crippen LogP contribution in [0.1, 0.15) is 5.56 Å². The minimum absolute atomic E-state index is 0.151. The van der Waals surface area contributed by atoms with E-state index < -0.39 is 5.82 Å². The Morgan fingerprint density at radius 2 is 1.95 bits per heavy atom. The highest BCUT2D eigenvalue weighted by atomic mass is 79.9. The highest BCUT2D eigenvalue weighted by Crippen LogP contribution is 2.29. The summed E-state index contributed by atoms with van der Waals surface area (Å²) >= 11 is 3.08. The van der Waals surface area contributed by atoms with Crippen LogP contribution in [0.25, 0.3) is 0 Å². The maximum absolute atomic E-state index is 14.1. The van der Waals surface area contributed by atoms with E-state index in [1.165, 1.54) is 6.07 Å². The van der Waals surface area contributed by atoms with E-state index in [2.05, 4.69) is 21.2 Å². The van der Waals surface area contributed by atoms with Crippen LogP contribution in [0.4, 0.5) is 15.8 Å². The number of anilines is 2. The second kappa shape index (κ2) is 7.07. The lowest BCUT2D eigenvalue weighted by Crippen LogP contribution is -2.10. The van der Waals surface area contributed by atoms with Gasteiger partial charge in [0.15, 0.2) is 5.82 Å². The van der Waals surface area contributed by atoms with Gasteiger partial charge in [0.25, 0.3) is 0 Å². The zero-order valence-electron chi connectivity index (χ0n) is 11.1. The van der Waals surface area contributed by atoms with Gasteiger partial charge in [0.2, 0.25) is 0 Å². The van der Waals surface area contributed by atoms with Crippen LogP contribution in [0, 0.1) is 17.1 Å². The molecule has 0 amide bonds. The van der Waals surface area contributed by atoms with Crippen LogP contribution >= 0.6 is 15.9 Å². The van der Waals surface area contributed by atoms with Crippen LogP contribution in [0.3, 0.4) is 0 Å². The van der Waals surface area contributed by atoms with E-state index in [4.69, 9.17) is 15.7 Å². The number of benzene rings is 2. The number of nitrogens with two attached hydrogens (primary N) is 1. The molecule has 0 radical (unpaired) electrons. The summed E-state index contributed by atoms with van der Waals surface area (Å²) in [5.74, 6) is 0.199. The first-order valence-electron chi connectivity index (χ1n) is 6.23. The van der Waals surface area contributed by atoms with E-state index in [-0.39, 0.29) is 15.7 Å². The smallest absolute Gasteiger partial charge is 0.162 e. The van der Waals surface area contributed by atoms with Crippen molar-refractivity contribution >= 4 is 27.3 Å². The Kier molecular flexibility index (Phi) is 5.14. The monoisotopic (exact) mass is 349 g/mol. The van der Waals surface area contributed by atoms with Gasteiger partial charge in [0.05, 0.1) is 15.7 Å². The molecule has 4 nitrogen and oxygen atoms in total. The molecule has 2 aromatic rings. The maximum Gasteiger partial charge on any atom is 0.162 e. The number of ether oxygens (including phenoxy) is 1. The Hall–Kier alpha value is -2.10. The largest absolute Gasteiger partial charge is 0.492 e. The van der Waals surface area contributed by atoms with Crippen molar-refractivity contribution in [2.75, 3.05) is 18.5 Å². The molecule has 0 saturated carbocycles. The molecular formula is C15H13BrFN3O. The van der Waals surface area contributed by atoms with Crippen LogP contribution in [0.15, 0.2) is 40.9 Å². The van der Waals surface area contributed by atoms with Gasteiger partial charge in [-0.05, 0) is 52.3 Å². The molecule has 2 aromatic carbocycles. The predicted octanol–water partition coefficient (Wildman–Crippen LogP) is 3.54. The number of nitrogens with zero attached hydrogens (tertiary/aromatic N) is 1. The van der Waals surface area contributed by atoms with Crippen molar-refractivity contribution in [3.05, 3.63) is 52.3 Å². The molecule has 2 rings (SSSR count). The Bertz CT molecular complexity index is 668. The fourth-order valence-electron chi connectivity index (χ4n) is 1.70. The fraction of sp³-hybridized carbons (Fsp3) is 0.133. The SMILES string of the molecule is N#Cc1ccc(Nc2ccc(OCCN)cc2)c(F)c1Br. The minimum Gasteiger partial charge on any atom is -0.492 e. The normalized spacial score (nSPS) is 10.0. The number of hydrogen-bond acceptors (Lipinski definition) is 4. The van der Waals surface area contributed by atoms with Gasteiger partial charge in [-0.2, -0.15) is 5.26 Å².